The van der Waals surface area contributed by atoms with E-state index < -0.39 is 20.2 Å². The lowest BCUT2D eigenvalue weighted by atomic mass is 10.3. The molecule has 0 saturated carbocycles. The van der Waals surface area contributed by atoms with Crippen molar-refractivity contribution in [3.8, 4) is 0 Å². The second kappa shape index (κ2) is 8.00. The number of alkyl halides is 3. The molecule has 0 aliphatic rings. The quantitative estimate of drug-likeness (QED) is 0.780. The van der Waals surface area contributed by atoms with E-state index in [1.165, 1.54) is 23.9 Å². The molecule has 0 aliphatic carbocycles. The first-order valence-corrected chi connectivity index (χ1v) is 9.67. The first-order valence-electron chi connectivity index (χ1n) is 7.37. The van der Waals surface area contributed by atoms with E-state index >= 15 is 0 Å². The molecule has 2 aromatic rings. The van der Waals surface area contributed by atoms with Crippen molar-refractivity contribution in [2.75, 3.05) is 11.9 Å². The van der Waals surface area contributed by atoms with Gasteiger partial charge in [-0.15, -0.1) is 0 Å². The SMILES string of the molecule is CCNC(=O)Nc1ccc(Sc2ccc(S(=O)(=O)C(F)(F)F)cc2)cc1. The topological polar surface area (TPSA) is 75.3 Å². The summed E-state index contributed by atoms with van der Waals surface area (Å²) in [4.78, 5) is 12.0. The molecule has 0 aromatic heterocycles. The van der Waals surface area contributed by atoms with Crippen LogP contribution >= 0.6 is 11.8 Å². The van der Waals surface area contributed by atoms with Crippen molar-refractivity contribution in [3.63, 3.8) is 0 Å². The predicted molar refractivity (Wildman–Crippen MR) is 92.9 cm³/mol. The van der Waals surface area contributed by atoms with Gasteiger partial charge < -0.3 is 10.6 Å². The second-order valence-corrected chi connectivity index (χ2v) is 8.12. The summed E-state index contributed by atoms with van der Waals surface area (Å²) in [7, 11) is -5.34. The summed E-state index contributed by atoms with van der Waals surface area (Å²) in [6, 6.07) is 11.0. The fraction of sp³-hybridized carbons (Fsp3) is 0.188. The zero-order valence-corrected chi connectivity index (χ0v) is 15.1. The van der Waals surface area contributed by atoms with Gasteiger partial charge in [0.2, 0.25) is 0 Å². The van der Waals surface area contributed by atoms with E-state index in [9.17, 15) is 26.4 Å². The Labute approximate surface area is 152 Å². The number of halogens is 3. The molecule has 0 atom stereocenters. The van der Waals surface area contributed by atoms with Gasteiger partial charge in [-0.05, 0) is 55.5 Å². The van der Waals surface area contributed by atoms with Crippen molar-refractivity contribution in [3.05, 3.63) is 48.5 Å². The van der Waals surface area contributed by atoms with E-state index in [2.05, 4.69) is 10.6 Å². The number of hydrogen-bond donors (Lipinski definition) is 2. The van der Waals surface area contributed by atoms with E-state index in [1.54, 1.807) is 31.2 Å². The van der Waals surface area contributed by atoms with Crippen molar-refractivity contribution in [1.29, 1.82) is 0 Å². The van der Waals surface area contributed by atoms with Crippen LogP contribution in [0.4, 0.5) is 23.7 Å². The Morgan fingerprint density at radius 3 is 1.96 bits per heavy atom. The average Bonchev–Trinajstić information content (AvgIpc) is 2.56. The van der Waals surface area contributed by atoms with Gasteiger partial charge in [0, 0.05) is 22.0 Å². The molecule has 140 valence electrons. The molecule has 0 aliphatic heterocycles. The highest BCUT2D eigenvalue weighted by atomic mass is 32.2. The van der Waals surface area contributed by atoms with Crippen molar-refractivity contribution in [2.24, 2.45) is 0 Å². The molecule has 5 nitrogen and oxygen atoms in total. The first-order chi connectivity index (χ1) is 12.1. The van der Waals surface area contributed by atoms with E-state index in [-0.39, 0.29) is 6.03 Å². The Hall–Kier alpha value is -2.20. The summed E-state index contributed by atoms with van der Waals surface area (Å²) in [6.45, 7) is 2.30. The summed E-state index contributed by atoms with van der Waals surface area (Å²) in [6.07, 6.45) is 0. The van der Waals surface area contributed by atoms with Crippen LogP contribution in [0.1, 0.15) is 6.92 Å². The van der Waals surface area contributed by atoms with Gasteiger partial charge in [-0.2, -0.15) is 13.2 Å². The van der Waals surface area contributed by atoms with Gasteiger partial charge in [-0.3, -0.25) is 0 Å². The summed E-state index contributed by atoms with van der Waals surface area (Å²) in [5.41, 5.74) is -4.74. The molecule has 2 aromatic carbocycles. The number of carbonyl (C=O) groups is 1. The molecule has 0 bridgehead atoms. The number of nitrogens with one attached hydrogen (secondary N) is 2. The number of rotatable bonds is 5. The molecule has 0 heterocycles. The monoisotopic (exact) mass is 404 g/mol. The summed E-state index contributed by atoms with van der Waals surface area (Å²) in [5.74, 6) is 0. The Bertz CT molecular complexity index is 865. The summed E-state index contributed by atoms with van der Waals surface area (Å²) in [5, 5.41) is 5.23. The number of sulfone groups is 1. The van der Waals surface area contributed by atoms with Crippen LogP contribution in [0.15, 0.2) is 63.2 Å². The minimum absolute atomic E-state index is 0.325. The lowest BCUT2D eigenvalue weighted by Gasteiger charge is -2.09. The number of anilines is 1. The Balaban J connectivity index is 2.07. The molecule has 2 rings (SSSR count). The molecule has 0 radical (unpaired) electrons. The highest BCUT2D eigenvalue weighted by Gasteiger charge is 2.46. The maximum absolute atomic E-state index is 12.5. The van der Waals surface area contributed by atoms with E-state index in [1.807, 2.05) is 0 Å². The highest BCUT2D eigenvalue weighted by Crippen LogP contribution is 2.33. The van der Waals surface area contributed by atoms with Crippen LogP contribution in [0.3, 0.4) is 0 Å². The van der Waals surface area contributed by atoms with Gasteiger partial charge in [0.05, 0.1) is 4.90 Å². The van der Waals surface area contributed by atoms with Gasteiger partial charge >= 0.3 is 11.5 Å². The summed E-state index contributed by atoms with van der Waals surface area (Å²) < 4.78 is 60.2. The minimum Gasteiger partial charge on any atom is -0.338 e. The number of amides is 2. The third kappa shape index (κ3) is 4.92. The Kier molecular flexibility index (Phi) is 6.19. The lowest BCUT2D eigenvalue weighted by molar-refractivity contribution is -0.0436. The van der Waals surface area contributed by atoms with Gasteiger partial charge in [0.25, 0.3) is 9.84 Å². The van der Waals surface area contributed by atoms with Gasteiger partial charge in [-0.25, -0.2) is 13.2 Å². The van der Waals surface area contributed by atoms with Crippen molar-refractivity contribution >= 4 is 33.3 Å². The second-order valence-electron chi connectivity index (χ2n) is 5.03. The van der Waals surface area contributed by atoms with Crippen LogP contribution in [0, 0.1) is 0 Å². The molecular weight excluding hydrogens is 389 g/mol. The van der Waals surface area contributed by atoms with Crippen molar-refractivity contribution in [2.45, 2.75) is 27.1 Å². The zero-order chi connectivity index (χ0) is 19.4. The third-order valence-corrected chi connectivity index (χ3v) is 5.64. The van der Waals surface area contributed by atoms with Crippen LogP contribution < -0.4 is 10.6 Å². The minimum atomic E-state index is -5.34. The third-order valence-electron chi connectivity index (χ3n) is 3.12. The number of benzene rings is 2. The summed E-state index contributed by atoms with van der Waals surface area (Å²) >= 11 is 1.25. The molecular formula is C16H15F3N2O3S2. The van der Waals surface area contributed by atoms with Crippen LogP contribution in [0.25, 0.3) is 0 Å². The van der Waals surface area contributed by atoms with E-state index in [0.29, 0.717) is 17.1 Å². The maximum Gasteiger partial charge on any atom is 0.501 e. The number of carbonyl (C=O) groups excluding carboxylic acids is 1. The van der Waals surface area contributed by atoms with Crippen molar-refractivity contribution < 1.29 is 26.4 Å². The molecule has 2 N–H and O–H groups in total. The normalized spacial score (nSPS) is 11.8. The van der Waals surface area contributed by atoms with Gasteiger partial charge in [0.15, 0.2) is 0 Å². The number of hydrogen-bond acceptors (Lipinski definition) is 4. The van der Waals surface area contributed by atoms with Crippen LogP contribution in [0.5, 0.6) is 0 Å². The predicted octanol–water partition coefficient (Wildman–Crippen LogP) is 4.27. The fourth-order valence-electron chi connectivity index (χ4n) is 1.90. The maximum atomic E-state index is 12.5. The van der Waals surface area contributed by atoms with Gasteiger partial charge in [-0.1, -0.05) is 11.8 Å². The van der Waals surface area contributed by atoms with Crippen molar-refractivity contribution in [1.82, 2.24) is 5.32 Å². The van der Waals surface area contributed by atoms with Crippen LogP contribution in [0.2, 0.25) is 0 Å². The molecule has 10 heteroatoms. The van der Waals surface area contributed by atoms with E-state index in [4.69, 9.17) is 0 Å². The lowest BCUT2D eigenvalue weighted by Crippen LogP contribution is -2.28. The molecule has 0 unspecified atom stereocenters. The molecule has 0 fully saturated rings. The standard InChI is InChI=1S/C16H15F3N2O3S2/c1-2-20-15(22)21-11-3-5-12(6-4-11)25-13-7-9-14(10-8-13)26(23,24)16(17,18)19/h3-10H,2H2,1H3,(H2,20,21,22). The van der Waals surface area contributed by atoms with Crippen LogP contribution in [-0.2, 0) is 9.84 Å². The Morgan fingerprint density at radius 2 is 1.50 bits per heavy atom. The zero-order valence-electron chi connectivity index (χ0n) is 13.5. The Morgan fingerprint density at radius 1 is 1.00 bits per heavy atom. The molecule has 0 spiro atoms. The average molecular weight is 404 g/mol. The highest BCUT2D eigenvalue weighted by molar-refractivity contribution is 7.99. The molecule has 26 heavy (non-hydrogen) atoms. The first kappa shape index (κ1) is 20.1. The smallest absolute Gasteiger partial charge is 0.338 e. The number of urea groups is 1. The fourth-order valence-corrected chi connectivity index (χ4v) is 3.48. The molecule has 2 amide bonds. The largest absolute Gasteiger partial charge is 0.501 e. The molecule has 0 saturated heterocycles. The van der Waals surface area contributed by atoms with E-state index in [0.717, 1.165) is 17.0 Å². The van der Waals surface area contributed by atoms with Crippen LogP contribution in [-0.4, -0.2) is 26.5 Å². The van der Waals surface area contributed by atoms with Gasteiger partial charge in [0.1, 0.15) is 0 Å².